The van der Waals surface area contributed by atoms with Gasteiger partial charge in [0.25, 0.3) is 5.56 Å². The van der Waals surface area contributed by atoms with Crippen LogP contribution in [0.2, 0.25) is 0 Å². The van der Waals surface area contributed by atoms with Gasteiger partial charge in [0.15, 0.2) is 11.6 Å². The van der Waals surface area contributed by atoms with Crippen LogP contribution in [0.3, 0.4) is 0 Å². The first kappa shape index (κ1) is 33.8. The summed E-state index contributed by atoms with van der Waals surface area (Å²) in [4.78, 5) is 33.1. The van der Waals surface area contributed by atoms with Gasteiger partial charge in [-0.2, -0.15) is 31.4 Å². The number of methoxy groups -OCH3 is 1. The minimum atomic E-state index is -4.95. The molecule has 0 saturated carbocycles. The predicted molar refractivity (Wildman–Crippen MR) is 157 cm³/mol. The van der Waals surface area contributed by atoms with Gasteiger partial charge >= 0.3 is 12.4 Å². The number of aromatic nitrogens is 3. The molecule has 0 radical (unpaired) electrons. The van der Waals surface area contributed by atoms with Crippen molar-refractivity contribution in [3.8, 4) is 11.5 Å². The van der Waals surface area contributed by atoms with Crippen molar-refractivity contribution in [2.45, 2.75) is 44.3 Å². The molecule has 3 aromatic rings. The predicted octanol–water partition coefficient (Wildman–Crippen LogP) is 4.05. The van der Waals surface area contributed by atoms with Crippen molar-refractivity contribution in [1.82, 2.24) is 19.7 Å². The van der Waals surface area contributed by atoms with E-state index in [1.165, 1.54) is 7.11 Å². The fourth-order valence-corrected chi connectivity index (χ4v) is 5.38. The van der Waals surface area contributed by atoms with Crippen LogP contribution in [0.5, 0.6) is 11.5 Å². The van der Waals surface area contributed by atoms with Gasteiger partial charge in [-0.25, -0.2) is 9.67 Å². The zero-order valence-electron chi connectivity index (χ0n) is 25.4. The Balaban J connectivity index is 1.11. The molecule has 2 aliphatic rings. The lowest BCUT2D eigenvalue weighted by molar-refractivity contribution is -0.139. The minimum absolute atomic E-state index is 0.000832. The van der Waals surface area contributed by atoms with Crippen molar-refractivity contribution in [3.63, 3.8) is 0 Å². The first-order valence-corrected chi connectivity index (χ1v) is 14.6. The highest BCUT2D eigenvalue weighted by molar-refractivity contribution is 5.77. The van der Waals surface area contributed by atoms with Gasteiger partial charge < -0.3 is 29.3 Å². The second kappa shape index (κ2) is 13.7. The molecule has 2 aliphatic heterocycles. The van der Waals surface area contributed by atoms with Gasteiger partial charge in [-0.05, 0) is 30.7 Å². The Kier molecular flexibility index (Phi) is 9.84. The van der Waals surface area contributed by atoms with Crippen LogP contribution >= 0.6 is 0 Å². The van der Waals surface area contributed by atoms with Crippen molar-refractivity contribution in [2.24, 2.45) is 0 Å². The van der Waals surface area contributed by atoms with Gasteiger partial charge in [0.05, 0.1) is 56.8 Å². The number of ether oxygens (including phenoxy) is 3. The molecule has 1 aromatic carbocycles. The van der Waals surface area contributed by atoms with Crippen LogP contribution in [-0.2, 0) is 28.4 Å². The molecule has 0 spiro atoms. The maximum absolute atomic E-state index is 14.0. The number of rotatable bonds is 10. The maximum atomic E-state index is 14.0. The van der Waals surface area contributed by atoms with Crippen LogP contribution in [0.15, 0.2) is 47.5 Å². The summed E-state index contributed by atoms with van der Waals surface area (Å²) < 4.78 is 97.9. The minimum Gasteiger partial charge on any atom is -0.497 e. The number of carbonyl (C=O) groups is 1. The summed E-state index contributed by atoms with van der Waals surface area (Å²) in [5, 5.41) is 6.57. The van der Waals surface area contributed by atoms with Crippen LogP contribution in [0.4, 0.5) is 37.8 Å². The van der Waals surface area contributed by atoms with Gasteiger partial charge in [0, 0.05) is 31.9 Å². The largest absolute Gasteiger partial charge is 0.497 e. The molecule has 2 atom stereocenters. The van der Waals surface area contributed by atoms with Gasteiger partial charge in [0.1, 0.15) is 17.9 Å². The van der Waals surface area contributed by atoms with Crippen molar-refractivity contribution < 1.29 is 45.3 Å². The number of hydrogen-bond acceptors (Lipinski definition) is 9. The zero-order valence-corrected chi connectivity index (χ0v) is 25.4. The SMILES string of the molecule is COc1ccc(Cn2ncc(N[C@@H](C)COCCC(=O)N3CCN4c5ncc(C(F)(F)F)cc5OCC4C3)c(C(F)(F)F)c2=O)cc1. The van der Waals surface area contributed by atoms with Crippen LogP contribution in [0, 0.1) is 0 Å². The molecular formula is C30H32F6N6O5. The molecule has 0 aliphatic carbocycles. The third kappa shape index (κ3) is 7.89. The highest BCUT2D eigenvalue weighted by Crippen LogP contribution is 2.38. The van der Waals surface area contributed by atoms with E-state index in [-0.39, 0.29) is 57.0 Å². The lowest BCUT2D eigenvalue weighted by atomic mass is 10.1. The van der Waals surface area contributed by atoms with Gasteiger partial charge in [-0.15, -0.1) is 0 Å². The molecular weight excluding hydrogens is 638 g/mol. The van der Waals surface area contributed by atoms with E-state index in [2.05, 4.69) is 15.4 Å². The Morgan fingerprint density at radius 2 is 1.85 bits per heavy atom. The van der Waals surface area contributed by atoms with E-state index in [9.17, 15) is 35.9 Å². The second-order valence-corrected chi connectivity index (χ2v) is 11.2. The molecule has 1 N–H and O–H groups in total. The molecule has 4 heterocycles. The number of benzene rings is 1. The number of anilines is 2. The quantitative estimate of drug-likeness (QED) is 0.252. The molecule has 47 heavy (non-hydrogen) atoms. The summed E-state index contributed by atoms with van der Waals surface area (Å²) in [6, 6.07) is 6.45. The summed E-state index contributed by atoms with van der Waals surface area (Å²) in [5.74, 6) is 0.674. The van der Waals surface area contributed by atoms with Gasteiger partial charge in [0.2, 0.25) is 5.91 Å². The number of pyridine rings is 1. The van der Waals surface area contributed by atoms with Crippen LogP contribution in [0.1, 0.15) is 30.0 Å². The molecule has 11 nitrogen and oxygen atoms in total. The number of nitrogens with one attached hydrogen (secondary N) is 1. The van der Waals surface area contributed by atoms with Crippen LogP contribution in [-0.4, -0.2) is 84.2 Å². The van der Waals surface area contributed by atoms with E-state index in [0.717, 1.165) is 23.1 Å². The van der Waals surface area contributed by atoms with Crippen molar-refractivity contribution in [1.29, 1.82) is 0 Å². The Morgan fingerprint density at radius 3 is 2.53 bits per heavy atom. The Bertz CT molecular complexity index is 1630. The van der Waals surface area contributed by atoms with Crippen molar-refractivity contribution >= 4 is 17.4 Å². The monoisotopic (exact) mass is 670 g/mol. The van der Waals surface area contributed by atoms with Crippen LogP contribution < -0.4 is 25.2 Å². The van der Waals surface area contributed by atoms with E-state index >= 15 is 0 Å². The molecule has 1 fully saturated rings. The molecule has 2 aromatic heterocycles. The molecule has 5 rings (SSSR count). The number of carbonyl (C=O) groups excluding carboxylic acids is 1. The number of nitrogens with zero attached hydrogens (tertiary/aromatic N) is 5. The standard InChI is InChI=1S/C30H32F6N6O5/c1-18(39-23-13-38-42(28(44)26(23)30(34,35)36)14-19-3-5-22(45-2)6-4-19)16-46-10-7-25(43)40-8-9-41-21(15-40)17-47-24-11-20(29(31,32)33)12-37-27(24)41/h3-6,11-13,18,21,39H,7-10,14-17H2,1-2H3/t18-,21?/m0/s1. The number of fused-ring (bicyclic) bond motifs is 3. The van der Waals surface area contributed by atoms with E-state index in [1.807, 2.05) is 4.90 Å². The highest BCUT2D eigenvalue weighted by Gasteiger charge is 2.39. The summed E-state index contributed by atoms with van der Waals surface area (Å²) >= 11 is 0. The normalized spacial score (nSPS) is 17.0. The topological polar surface area (TPSA) is 111 Å². The number of halogens is 6. The number of amides is 1. The molecule has 0 bridgehead atoms. The lowest BCUT2D eigenvalue weighted by Crippen LogP contribution is -2.58. The second-order valence-electron chi connectivity index (χ2n) is 11.2. The van der Waals surface area contributed by atoms with Crippen molar-refractivity contribution in [3.05, 3.63) is 69.8 Å². The first-order chi connectivity index (χ1) is 22.2. The summed E-state index contributed by atoms with van der Waals surface area (Å²) in [5.41, 5.74) is -3.51. The fourth-order valence-electron chi connectivity index (χ4n) is 5.38. The van der Waals surface area contributed by atoms with E-state index in [4.69, 9.17) is 14.2 Å². The summed E-state index contributed by atoms with van der Waals surface area (Å²) in [6.07, 6.45) is -7.79. The number of alkyl halides is 6. The molecule has 1 saturated heterocycles. The van der Waals surface area contributed by atoms with Crippen molar-refractivity contribution in [2.75, 3.05) is 56.8 Å². The highest BCUT2D eigenvalue weighted by atomic mass is 19.4. The van der Waals surface area contributed by atoms with E-state index in [0.29, 0.717) is 30.2 Å². The zero-order chi connectivity index (χ0) is 33.9. The fraction of sp³-hybridized carbons (Fsp3) is 0.467. The average molecular weight is 671 g/mol. The molecule has 1 amide bonds. The van der Waals surface area contributed by atoms with Crippen LogP contribution in [0.25, 0.3) is 0 Å². The molecule has 1 unspecified atom stereocenters. The number of piperazine rings is 1. The summed E-state index contributed by atoms with van der Waals surface area (Å²) in [6.45, 7) is 2.34. The lowest BCUT2D eigenvalue weighted by Gasteiger charge is -2.44. The van der Waals surface area contributed by atoms with Gasteiger partial charge in [-0.3, -0.25) is 9.59 Å². The summed E-state index contributed by atoms with van der Waals surface area (Å²) in [7, 11) is 1.48. The van der Waals surface area contributed by atoms with E-state index in [1.54, 1.807) is 36.1 Å². The average Bonchev–Trinajstić information content (AvgIpc) is 3.03. The number of hydrogen-bond donors (Lipinski definition) is 1. The third-order valence-electron chi connectivity index (χ3n) is 7.75. The Morgan fingerprint density at radius 1 is 1.11 bits per heavy atom. The smallest absolute Gasteiger partial charge is 0.423 e. The van der Waals surface area contributed by atoms with Gasteiger partial charge in [-0.1, -0.05) is 12.1 Å². The Labute approximate surface area is 265 Å². The first-order valence-electron chi connectivity index (χ1n) is 14.6. The molecule has 17 heteroatoms. The third-order valence-corrected chi connectivity index (χ3v) is 7.75. The maximum Gasteiger partial charge on any atom is 0.423 e. The van der Waals surface area contributed by atoms with E-state index < -0.39 is 40.8 Å². The Hall–Kier alpha value is -4.54. The molecule has 254 valence electrons.